The van der Waals surface area contributed by atoms with Crippen molar-refractivity contribution in [2.24, 2.45) is 0 Å². The summed E-state index contributed by atoms with van der Waals surface area (Å²) >= 11 is 0. The SMILES string of the molecule is CS(=O)(=O)N1Cc2n[nH]c(NC(=O)c3cccc(C#N)c3)c2C1. The van der Waals surface area contributed by atoms with Gasteiger partial charge < -0.3 is 5.32 Å². The Morgan fingerprint density at radius 3 is 2.91 bits per heavy atom. The Hall–Kier alpha value is -2.70. The van der Waals surface area contributed by atoms with Crippen LogP contribution in [0.2, 0.25) is 0 Å². The summed E-state index contributed by atoms with van der Waals surface area (Å²) < 4.78 is 24.5. The lowest BCUT2D eigenvalue weighted by atomic mass is 10.1. The van der Waals surface area contributed by atoms with E-state index in [1.165, 1.54) is 10.4 Å². The molecule has 0 atom stereocenters. The second kappa shape index (κ2) is 5.49. The number of nitrogens with one attached hydrogen (secondary N) is 2. The van der Waals surface area contributed by atoms with E-state index in [1.807, 2.05) is 6.07 Å². The molecule has 23 heavy (non-hydrogen) atoms. The number of benzene rings is 1. The number of nitrogens with zero attached hydrogens (tertiary/aromatic N) is 3. The summed E-state index contributed by atoms with van der Waals surface area (Å²) in [7, 11) is -3.32. The van der Waals surface area contributed by atoms with Crippen LogP contribution in [0.25, 0.3) is 0 Å². The number of aromatic amines is 1. The van der Waals surface area contributed by atoms with Crippen LogP contribution >= 0.6 is 0 Å². The molecule has 0 unspecified atom stereocenters. The van der Waals surface area contributed by atoms with Gasteiger partial charge in [-0.15, -0.1) is 0 Å². The van der Waals surface area contributed by atoms with E-state index in [-0.39, 0.29) is 13.1 Å². The van der Waals surface area contributed by atoms with Gasteiger partial charge in [0.15, 0.2) is 0 Å². The molecule has 0 aliphatic carbocycles. The monoisotopic (exact) mass is 331 g/mol. The topological polar surface area (TPSA) is 119 Å². The minimum absolute atomic E-state index is 0.165. The first kappa shape index (κ1) is 15.2. The molecule has 2 heterocycles. The van der Waals surface area contributed by atoms with Crippen LogP contribution in [0.4, 0.5) is 5.82 Å². The molecule has 9 heteroatoms. The summed E-state index contributed by atoms with van der Waals surface area (Å²) in [5.74, 6) is -0.0233. The molecule has 1 aromatic carbocycles. The van der Waals surface area contributed by atoms with E-state index >= 15 is 0 Å². The van der Waals surface area contributed by atoms with Crippen LogP contribution in [-0.2, 0) is 23.1 Å². The van der Waals surface area contributed by atoms with E-state index in [4.69, 9.17) is 5.26 Å². The van der Waals surface area contributed by atoms with Crippen LogP contribution in [0.3, 0.4) is 0 Å². The number of anilines is 1. The van der Waals surface area contributed by atoms with Crippen LogP contribution in [0.1, 0.15) is 27.2 Å². The summed E-state index contributed by atoms with van der Waals surface area (Å²) in [6.45, 7) is 0.350. The van der Waals surface area contributed by atoms with Gasteiger partial charge in [0.25, 0.3) is 5.91 Å². The van der Waals surface area contributed by atoms with Crippen LogP contribution in [0, 0.1) is 11.3 Å². The van der Waals surface area contributed by atoms with Gasteiger partial charge in [-0.1, -0.05) is 6.07 Å². The van der Waals surface area contributed by atoms with E-state index in [2.05, 4.69) is 15.5 Å². The highest BCUT2D eigenvalue weighted by molar-refractivity contribution is 7.88. The summed E-state index contributed by atoms with van der Waals surface area (Å²) in [6.07, 6.45) is 1.13. The number of fused-ring (bicyclic) bond motifs is 1. The molecule has 2 N–H and O–H groups in total. The maximum Gasteiger partial charge on any atom is 0.256 e. The number of sulfonamides is 1. The Morgan fingerprint density at radius 2 is 2.22 bits per heavy atom. The molecule has 0 saturated carbocycles. The van der Waals surface area contributed by atoms with Gasteiger partial charge in [0.05, 0.1) is 30.1 Å². The normalized spacial score (nSPS) is 14.3. The maximum absolute atomic E-state index is 12.3. The fourth-order valence-corrected chi connectivity index (χ4v) is 3.08. The third kappa shape index (κ3) is 2.94. The fourth-order valence-electron chi connectivity index (χ4n) is 2.36. The van der Waals surface area contributed by atoms with Crippen molar-refractivity contribution in [3.8, 4) is 6.07 Å². The van der Waals surface area contributed by atoms with Gasteiger partial charge >= 0.3 is 0 Å². The van der Waals surface area contributed by atoms with E-state index in [9.17, 15) is 13.2 Å². The third-order valence-electron chi connectivity index (χ3n) is 3.57. The molecule has 0 bridgehead atoms. The number of carbonyl (C=O) groups excluding carboxylic acids is 1. The predicted molar refractivity (Wildman–Crippen MR) is 81.8 cm³/mol. The molecule has 2 aromatic rings. The molecule has 1 aliphatic rings. The lowest BCUT2D eigenvalue weighted by Gasteiger charge is -2.12. The standard InChI is InChI=1S/C14H13N5O3S/c1-23(21,22)19-7-11-12(8-19)17-18-13(11)16-14(20)10-4-2-3-9(5-10)6-15/h2-5H,7-8H2,1H3,(H2,16,17,18,20). The zero-order valence-corrected chi connectivity index (χ0v) is 13.0. The van der Waals surface area contributed by atoms with Crippen LogP contribution in [0.15, 0.2) is 24.3 Å². The Kier molecular flexibility index (Phi) is 3.63. The van der Waals surface area contributed by atoms with E-state index in [0.717, 1.165) is 6.26 Å². The second-order valence-electron chi connectivity index (χ2n) is 5.20. The second-order valence-corrected chi connectivity index (χ2v) is 7.18. The van der Waals surface area contributed by atoms with Gasteiger partial charge in [-0.05, 0) is 18.2 Å². The average Bonchev–Trinajstić information content (AvgIpc) is 3.09. The van der Waals surface area contributed by atoms with Crippen molar-refractivity contribution in [3.05, 3.63) is 46.6 Å². The van der Waals surface area contributed by atoms with Gasteiger partial charge in [-0.2, -0.15) is 14.7 Å². The molecule has 3 rings (SSSR count). The molecule has 118 valence electrons. The summed E-state index contributed by atoms with van der Waals surface area (Å²) in [6, 6.07) is 8.27. The number of aromatic nitrogens is 2. The van der Waals surface area contributed by atoms with E-state index in [1.54, 1.807) is 18.2 Å². The summed E-state index contributed by atoms with van der Waals surface area (Å²) in [5.41, 5.74) is 1.97. The van der Waals surface area contributed by atoms with E-state index in [0.29, 0.717) is 28.2 Å². The fraction of sp³-hybridized carbons (Fsp3) is 0.214. The molecule has 1 amide bonds. The number of hydrogen-bond acceptors (Lipinski definition) is 5. The van der Waals surface area contributed by atoms with Gasteiger partial charge in [0.1, 0.15) is 5.82 Å². The van der Waals surface area contributed by atoms with Crippen molar-refractivity contribution in [2.45, 2.75) is 13.1 Å². The molecule has 0 radical (unpaired) electrons. The van der Waals surface area contributed by atoms with Gasteiger partial charge in [-0.3, -0.25) is 9.89 Å². The van der Waals surface area contributed by atoms with Crippen LogP contribution < -0.4 is 5.32 Å². The molecular weight excluding hydrogens is 318 g/mol. The van der Waals surface area contributed by atoms with Crippen LogP contribution in [0.5, 0.6) is 0 Å². The molecule has 0 spiro atoms. The largest absolute Gasteiger partial charge is 0.307 e. The van der Waals surface area contributed by atoms with Gasteiger partial charge in [-0.25, -0.2) is 8.42 Å². The van der Waals surface area contributed by atoms with Crippen molar-refractivity contribution in [1.29, 1.82) is 5.26 Å². The number of nitriles is 1. The number of H-pyrrole nitrogens is 1. The molecule has 1 aliphatic heterocycles. The van der Waals surface area contributed by atoms with Gasteiger partial charge in [0, 0.05) is 17.7 Å². The van der Waals surface area contributed by atoms with Crippen molar-refractivity contribution in [1.82, 2.24) is 14.5 Å². The Labute approximate surface area is 132 Å². The molecular formula is C14H13N5O3S. The summed E-state index contributed by atoms with van der Waals surface area (Å²) in [5, 5.41) is 18.3. The first-order chi connectivity index (χ1) is 10.9. The number of hydrogen-bond donors (Lipinski definition) is 2. The van der Waals surface area contributed by atoms with E-state index < -0.39 is 15.9 Å². The lowest BCUT2D eigenvalue weighted by molar-refractivity contribution is 0.102. The van der Waals surface area contributed by atoms with Crippen LogP contribution in [-0.4, -0.2) is 35.1 Å². The van der Waals surface area contributed by atoms with Gasteiger partial charge in [0.2, 0.25) is 10.0 Å². The average molecular weight is 331 g/mol. The highest BCUT2D eigenvalue weighted by Crippen LogP contribution is 2.28. The zero-order chi connectivity index (χ0) is 16.6. The van der Waals surface area contributed by atoms with Crippen molar-refractivity contribution in [3.63, 3.8) is 0 Å². The minimum Gasteiger partial charge on any atom is -0.307 e. The highest BCUT2D eigenvalue weighted by Gasteiger charge is 2.31. The van der Waals surface area contributed by atoms with Crippen molar-refractivity contribution >= 4 is 21.7 Å². The summed E-state index contributed by atoms with van der Waals surface area (Å²) in [4.78, 5) is 12.3. The Bertz CT molecular complexity index is 926. The van der Waals surface area contributed by atoms with Crippen molar-refractivity contribution in [2.75, 3.05) is 11.6 Å². The molecule has 0 fully saturated rings. The minimum atomic E-state index is -3.32. The first-order valence-corrected chi connectivity index (χ1v) is 8.56. The smallest absolute Gasteiger partial charge is 0.256 e. The quantitative estimate of drug-likeness (QED) is 0.862. The Balaban J connectivity index is 1.81. The maximum atomic E-state index is 12.3. The zero-order valence-electron chi connectivity index (χ0n) is 12.2. The number of amides is 1. The lowest BCUT2D eigenvalue weighted by Crippen LogP contribution is -2.24. The highest BCUT2D eigenvalue weighted by atomic mass is 32.2. The molecule has 1 aromatic heterocycles. The predicted octanol–water partition coefficient (Wildman–Crippen LogP) is 0.809. The first-order valence-electron chi connectivity index (χ1n) is 6.71. The molecule has 8 nitrogen and oxygen atoms in total. The number of carbonyl (C=O) groups is 1. The molecule has 0 saturated heterocycles. The number of rotatable bonds is 3. The Morgan fingerprint density at radius 1 is 1.43 bits per heavy atom. The van der Waals surface area contributed by atoms with Crippen molar-refractivity contribution < 1.29 is 13.2 Å². The third-order valence-corrected chi connectivity index (χ3v) is 4.77.